The third-order valence-corrected chi connectivity index (χ3v) is 2.77. The molecule has 7 nitrogen and oxygen atoms in total. The number of nitrogens with zero attached hydrogens (tertiary/aromatic N) is 4. The monoisotopic (exact) mass is 235 g/mol. The molecule has 0 fully saturated rings. The Morgan fingerprint density at radius 1 is 1.59 bits per heavy atom. The Hall–Kier alpha value is -1.73. The van der Waals surface area contributed by atoms with E-state index in [9.17, 15) is 0 Å². The number of hydrogen-bond donors (Lipinski definition) is 3. The first-order chi connectivity index (χ1) is 8.24. The number of aromatic amines is 1. The summed E-state index contributed by atoms with van der Waals surface area (Å²) < 4.78 is 1.87. The molecule has 0 amide bonds. The molecule has 17 heavy (non-hydrogen) atoms. The van der Waals surface area contributed by atoms with Crippen molar-refractivity contribution in [1.82, 2.24) is 30.4 Å². The lowest BCUT2D eigenvalue weighted by molar-refractivity contribution is 0.506. The van der Waals surface area contributed by atoms with Crippen molar-refractivity contribution in [3.63, 3.8) is 0 Å². The molecule has 1 atom stereocenters. The maximum Gasteiger partial charge on any atom is 0.143 e. The second kappa shape index (κ2) is 5.07. The molecule has 2 heterocycles. The van der Waals surface area contributed by atoms with Gasteiger partial charge in [0.05, 0.1) is 11.7 Å². The smallest absolute Gasteiger partial charge is 0.143 e. The average molecular weight is 235 g/mol. The summed E-state index contributed by atoms with van der Waals surface area (Å²) in [5.74, 6) is 6.26. The Bertz CT molecular complexity index is 459. The Kier molecular flexibility index (Phi) is 3.50. The van der Waals surface area contributed by atoms with Crippen LogP contribution < -0.4 is 11.3 Å². The molecule has 4 N–H and O–H groups in total. The number of hydrogen-bond acceptors (Lipinski definition) is 5. The van der Waals surface area contributed by atoms with Crippen LogP contribution in [0.4, 0.5) is 0 Å². The maximum atomic E-state index is 5.53. The highest BCUT2D eigenvalue weighted by Crippen LogP contribution is 2.14. The predicted molar refractivity (Wildman–Crippen MR) is 62.7 cm³/mol. The highest BCUT2D eigenvalue weighted by atomic mass is 15.3. The lowest BCUT2D eigenvalue weighted by Gasteiger charge is -2.12. The van der Waals surface area contributed by atoms with Crippen molar-refractivity contribution in [3.05, 3.63) is 29.6 Å². The standard InChI is InChI=1S/C10H17N7/c1-3-7-4-8(17(2)16-7)5-9(14-11)10-12-6-13-15-10/h4,6,9,14H,3,5,11H2,1-2H3,(H,12,13,15). The summed E-state index contributed by atoms with van der Waals surface area (Å²) in [6, 6.07) is 2.00. The zero-order valence-electron chi connectivity index (χ0n) is 10.0. The molecule has 0 bridgehead atoms. The molecule has 2 rings (SSSR count). The van der Waals surface area contributed by atoms with E-state index < -0.39 is 0 Å². The Morgan fingerprint density at radius 2 is 2.41 bits per heavy atom. The van der Waals surface area contributed by atoms with E-state index in [0.29, 0.717) is 0 Å². The molecule has 2 aromatic heterocycles. The van der Waals surface area contributed by atoms with E-state index in [2.05, 4.69) is 38.7 Å². The Labute approximate surface area is 99.4 Å². The molecule has 0 spiro atoms. The molecule has 1 unspecified atom stereocenters. The average Bonchev–Trinajstić information content (AvgIpc) is 2.96. The van der Waals surface area contributed by atoms with Crippen LogP contribution >= 0.6 is 0 Å². The SMILES string of the molecule is CCc1cc(CC(NN)c2ncn[nH]2)n(C)n1. The van der Waals surface area contributed by atoms with Crippen LogP contribution in [0.3, 0.4) is 0 Å². The first-order valence-electron chi connectivity index (χ1n) is 5.57. The predicted octanol–water partition coefficient (Wildman–Crippen LogP) is -0.152. The minimum absolute atomic E-state index is 0.0855. The summed E-state index contributed by atoms with van der Waals surface area (Å²) in [5, 5.41) is 11.0. The number of nitrogens with one attached hydrogen (secondary N) is 2. The second-order valence-corrected chi connectivity index (χ2v) is 3.90. The number of hydrazine groups is 1. The van der Waals surface area contributed by atoms with E-state index in [0.717, 1.165) is 30.1 Å². The fourth-order valence-electron chi connectivity index (χ4n) is 1.76. The topological polar surface area (TPSA) is 97.4 Å². The molecule has 0 saturated heterocycles. The van der Waals surface area contributed by atoms with E-state index >= 15 is 0 Å². The summed E-state index contributed by atoms with van der Waals surface area (Å²) >= 11 is 0. The van der Waals surface area contributed by atoms with Crippen LogP contribution in [0, 0.1) is 0 Å². The van der Waals surface area contributed by atoms with Gasteiger partial charge >= 0.3 is 0 Å². The third kappa shape index (κ3) is 2.51. The van der Waals surface area contributed by atoms with E-state index in [1.807, 2.05) is 11.7 Å². The van der Waals surface area contributed by atoms with E-state index in [1.54, 1.807) is 0 Å². The lowest BCUT2D eigenvalue weighted by atomic mass is 10.1. The largest absolute Gasteiger partial charge is 0.272 e. The van der Waals surface area contributed by atoms with Crippen molar-refractivity contribution in [2.75, 3.05) is 0 Å². The van der Waals surface area contributed by atoms with Crippen LogP contribution in [-0.4, -0.2) is 25.0 Å². The number of rotatable bonds is 5. The van der Waals surface area contributed by atoms with E-state index in [-0.39, 0.29) is 6.04 Å². The van der Waals surface area contributed by atoms with Crippen LogP contribution in [0.1, 0.15) is 30.2 Å². The fraction of sp³-hybridized carbons (Fsp3) is 0.500. The van der Waals surface area contributed by atoms with Gasteiger partial charge in [-0.05, 0) is 12.5 Å². The fourth-order valence-corrected chi connectivity index (χ4v) is 1.76. The number of nitrogens with two attached hydrogens (primary N) is 1. The summed E-state index contributed by atoms with van der Waals surface area (Å²) in [6.07, 6.45) is 3.12. The zero-order chi connectivity index (χ0) is 12.3. The molecule has 0 saturated carbocycles. The number of aryl methyl sites for hydroxylation is 2. The zero-order valence-corrected chi connectivity index (χ0v) is 10.0. The van der Waals surface area contributed by atoms with Crippen LogP contribution in [0.25, 0.3) is 0 Å². The summed E-state index contributed by atoms with van der Waals surface area (Å²) in [7, 11) is 1.93. The molecule has 0 aromatic carbocycles. The molecule has 0 aliphatic carbocycles. The quantitative estimate of drug-likeness (QED) is 0.494. The van der Waals surface area contributed by atoms with E-state index in [1.165, 1.54) is 6.33 Å². The van der Waals surface area contributed by atoms with Crippen LogP contribution in [0.15, 0.2) is 12.4 Å². The van der Waals surface area contributed by atoms with Crippen molar-refractivity contribution in [2.24, 2.45) is 12.9 Å². The first-order valence-corrected chi connectivity index (χ1v) is 5.57. The van der Waals surface area contributed by atoms with Gasteiger partial charge in [-0.25, -0.2) is 10.4 Å². The second-order valence-electron chi connectivity index (χ2n) is 3.90. The van der Waals surface area contributed by atoms with Crippen LogP contribution in [0.2, 0.25) is 0 Å². The normalized spacial score (nSPS) is 12.9. The van der Waals surface area contributed by atoms with E-state index in [4.69, 9.17) is 5.84 Å². The van der Waals surface area contributed by atoms with Gasteiger partial charge in [-0.3, -0.25) is 15.6 Å². The molecule has 2 aromatic rings. The van der Waals surface area contributed by atoms with Gasteiger partial charge in [-0.15, -0.1) is 0 Å². The lowest BCUT2D eigenvalue weighted by Crippen LogP contribution is -2.31. The van der Waals surface area contributed by atoms with Gasteiger partial charge in [0.25, 0.3) is 0 Å². The molecule has 0 aliphatic rings. The Balaban J connectivity index is 2.15. The summed E-state index contributed by atoms with van der Waals surface area (Å²) in [5.41, 5.74) is 4.92. The van der Waals surface area contributed by atoms with Gasteiger partial charge in [0.2, 0.25) is 0 Å². The van der Waals surface area contributed by atoms with Crippen molar-refractivity contribution in [2.45, 2.75) is 25.8 Å². The number of aromatic nitrogens is 5. The van der Waals surface area contributed by atoms with Gasteiger partial charge in [-0.1, -0.05) is 6.92 Å². The highest BCUT2D eigenvalue weighted by Gasteiger charge is 2.16. The van der Waals surface area contributed by atoms with Crippen molar-refractivity contribution >= 4 is 0 Å². The number of H-pyrrole nitrogens is 1. The minimum Gasteiger partial charge on any atom is -0.272 e. The summed E-state index contributed by atoms with van der Waals surface area (Å²) in [6.45, 7) is 2.08. The molecular formula is C10H17N7. The van der Waals surface area contributed by atoms with Crippen LogP contribution in [0.5, 0.6) is 0 Å². The van der Waals surface area contributed by atoms with Crippen molar-refractivity contribution in [3.8, 4) is 0 Å². The molecule has 0 aliphatic heterocycles. The van der Waals surface area contributed by atoms with Gasteiger partial charge in [0.1, 0.15) is 12.2 Å². The van der Waals surface area contributed by atoms with Crippen molar-refractivity contribution in [1.29, 1.82) is 0 Å². The first kappa shape index (κ1) is 11.7. The Morgan fingerprint density at radius 3 is 2.94 bits per heavy atom. The minimum atomic E-state index is -0.0855. The molecule has 92 valence electrons. The summed E-state index contributed by atoms with van der Waals surface area (Å²) in [4.78, 5) is 4.10. The van der Waals surface area contributed by atoms with Crippen LogP contribution in [-0.2, 0) is 19.9 Å². The van der Waals surface area contributed by atoms with Gasteiger partial charge in [0.15, 0.2) is 0 Å². The highest BCUT2D eigenvalue weighted by molar-refractivity contribution is 5.13. The molecule has 7 heteroatoms. The third-order valence-electron chi connectivity index (χ3n) is 2.77. The molecule has 0 radical (unpaired) electrons. The van der Waals surface area contributed by atoms with Crippen molar-refractivity contribution < 1.29 is 0 Å². The van der Waals surface area contributed by atoms with Gasteiger partial charge in [0, 0.05) is 19.2 Å². The van der Waals surface area contributed by atoms with Gasteiger partial charge in [-0.2, -0.15) is 10.2 Å². The van der Waals surface area contributed by atoms with Gasteiger partial charge < -0.3 is 0 Å². The molecular weight excluding hydrogens is 218 g/mol. The maximum absolute atomic E-state index is 5.53.